The highest BCUT2D eigenvalue weighted by Crippen LogP contribution is 2.21. The summed E-state index contributed by atoms with van der Waals surface area (Å²) in [4.78, 5) is 38.7. The Kier molecular flexibility index (Phi) is 9.43. The van der Waals surface area contributed by atoms with Crippen molar-refractivity contribution in [2.45, 2.75) is 39.5 Å². The van der Waals surface area contributed by atoms with E-state index in [1.165, 1.54) is 31.4 Å². The molecular weight excluding hydrogens is 372 g/mol. The monoisotopic (exact) mass is 405 g/mol. The van der Waals surface area contributed by atoms with Crippen molar-refractivity contribution in [2.24, 2.45) is 0 Å². The fraction of sp³-hybridized carbons (Fsp3) is 0.571. The van der Waals surface area contributed by atoms with Crippen LogP contribution in [0, 0.1) is 0 Å². The maximum atomic E-state index is 12.4. The zero-order valence-electron chi connectivity index (χ0n) is 17.5. The van der Waals surface area contributed by atoms with Gasteiger partial charge >= 0.3 is 6.09 Å². The van der Waals surface area contributed by atoms with E-state index < -0.39 is 12.0 Å². The number of benzene rings is 1. The SMILES string of the molecule is CCOC(=O)NC(=O)C[NH+](CC)CC(=O)Nc1ccc(N2CCCCCC2)cc1. The number of quaternary nitrogens is 1. The lowest BCUT2D eigenvalue weighted by molar-refractivity contribution is -0.881. The molecular formula is C21H33N4O4+. The van der Waals surface area contributed by atoms with Gasteiger partial charge in [-0.1, -0.05) is 12.8 Å². The van der Waals surface area contributed by atoms with Crippen LogP contribution in [0.4, 0.5) is 16.2 Å². The number of anilines is 2. The first-order valence-corrected chi connectivity index (χ1v) is 10.5. The van der Waals surface area contributed by atoms with Gasteiger partial charge in [0, 0.05) is 24.5 Å². The minimum Gasteiger partial charge on any atom is -0.450 e. The summed E-state index contributed by atoms with van der Waals surface area (Å²) in [6.45, 7) is 6.65. The summed E-state index contributed by atoms with van der Waals surface area (Å²) < 4.78 is 4.69. The van der Waals surface area contributed by atoms with Crippen molar-refractivity contribution < 1.29 is 24.0 Å². The fourth-order valence-electron chi connectivity index (χ4n) is 3.38. The number of likely N-dealkylation sites (N-methyl/N-ethyl adjacent to an activating group) is 1. The van der Waals surface area contributed by atoms with Crippen molar-refractivity contribution in [2.75, 3.05) is 49.5 Å². The number of hydrogen-bond donors (Lipinski definition) is 3. The summed E-state index contributed by atoms with van der Waals surface area (Å²) >= 11 is 0. The lowest BCUT2D eigenvalue weighted by Gasteiger charge is -2.23. The second-order valence-electron chi connectivity index (χ2n) is 7.22. The summed E-state index contributed by atoms with van der Waals surface area (Å²) in [5, 5.41) is 5.04. The molecule has 1 atom stereocenters. The van der Waals surface area contributed by atoms with Gasteiger partial charge in [0.1, 0.15) is 0 Å². The molecule has 3 amide bonds. The minimum atomic E-state index is -0.762. The van der Waals surface area contributed by atoms with Crippen LogP contribution in [0.3, 0.4) is 0 Å². The van der Waals surface area contributed by atoms with Gasteiger partial charge in [-0.05, 0) is 51.0 Å². The van der Waals surface area contributed by atoms with E-state index in [-0.39, 0.29) is 25.6 Å². The molecule has 0 radical (unpaired) electrons. The number of imide groups is 1. The van der Waals surface area contributed by atoms with Crippen molar-refractivity contribution >= 4 is 29.3 Å². The van der Waals surface area contributed by atoms with Crippen LogP contribution in [0.5, 0.6) is 0 Å². The molecule has 1 unspecified atom stereocenters. The zero-order valence-corrected chi connectivity index (χ0v) is 17.5. The molecule has 2 rings (SSSR count). The van der Waals surface area contributed by atoms with Crippen LogP contribution < -0.4 is 20.4 Å². The molecule has 8 nitrogen and oxygen atoms in total. The van der Waals surface area contributed by atoms with E-state index in [2.05, 4.69) is 20.3 Å². The van der Waals surface area contributed by atoms with Gasteiger partial charge in [-0.15, -0.1) is 0 Å². The molecule has 0 spiro atoms. The van der Waals surface area contributed by atoms with Gasteiger partial charge in [0.05, 0.1) is 13.2 Å². The van der Waals surface area contributed by atoms with Crippen LogP contribution in [0.2, 0.25) is 0 Å². The number of nitrogens with zero attached hydrogens (tertiary/aromatic N) is 1. The Bertz CT molecular complexity index is 670. The standard InChI is InChI=1S/C21H32N4O4/c1-3-24(16-20(27)23-21(28)29-4-2)15-19(26)22-17-9-11-18(12-10-17)25-13-7-5-6-8-14-25/h9-12H,3-8,13-16H2,1-2H3,(H,22,26)(H,23,27,28)/p+1. The third-order valence-electron chi connectivity index (χ3n) is 4.96. The molecule has 1 aromatic carbocycles. The highest BCUT2D eigenvalue weighted by atomic mass is 16.5. The van der Waals surface area contributed by atoms with Crippen molar-refractivity contribution in [3.8, 4) is 0 Å². The number of hydrogen-bond acceptors (Lipinski definition) is 5. The first-order chi connectivity index (χ1) is 14.0. The topological polar surface area (TPSA) is 92.2 Å². The highest BCUT2D eigenvalue weighted by Gasteiger charge is 2.19. The summed E-state index contributed by atoms with van der Waals surface area (Å²) in [5.74, 6) is -0.636. The first kappa shape index (κ1) is 22.7. The smallest absolute Gasteiger partial charge is 0.414 e. The summed E-state index contributed by atoms with van der Waals surface area (Å²) in [7, 11) is 0. The molecule has 1 aliphatic rings. The maximum Gasteiger partial charge on any atom is 0.414 e. The van der Waals surface area contributed by atoms with Gasteiger partial charge in [0.15, 0.2) is 13.1 Å². The predicted molar refractivity (Wildman–Crippen MR) is 112 cm³/mol. The van der Waals surface area contributed by atoms with Crippen LogP contribution in [0.15, 0.2) is 24.3 Å². The third-order valence-corrected chi connectivity index (χ3v) is 4.96. The molecule has 0 aliphatic carbocycles. The Morgan fingerprint density at radius 3 is 2.17 bits per heavy atom. The number of carbonyl (C=O) groups is 3. The molecule has 1 aliphatic heterocycles. The molecule has 1 fully saturated rings. The van der Waals surface area contributed by atoms with Gasteiger partial charge in [0.25, 0.3) is 11.8 Å². The number of ether oxygens (including phenoxy) is 1. The third kappa shape index (κ3) is 8.11. The van der Waals surface area contributed by atoms with E-state index >= 15 is 0 Å². The largest absolute Gasteiger partial charge is 0.450 e. The van der Waals surface area contributed by atoms with E-state index in [9.17, 15) is 14.4 Å². The fourth-order valence-corrected chi connectivity index (χ4v) is 3.38. The van der Waals surface area contributed by atoms with E-state index in [4.69, 9.17) is 0 Å². The van der Waals surface area contributed by atoms with Crippen LogP contribution >= 0.6 is 0 Å². The van der Waals surface area contributed by atoms with Crippen molar-refractivity contribution in [1.29, 1.82) is 0 Å². The lowest BCUT2D eigenvalue weighted by atomic mass is 10.2. The summed E-state index contributed by atoms with van der Waals surface area (Å²) in [6.07, 6.45) is 4.26. The van der Waals surface area contributed by atoms with Gasteiger partial charge in [0.2, 0.25) is 0 Å². The van der Waals surface area contributed by atoms with E-state index in [1.54, 1.807) is 6.92 Å². The molecule has 1 heterocycles. The molecule has 1 aromatic rings. The number of amides is 3. The molecule has 8 heteroatoms. The Labute approximate surface area is 172 Å². The highest BCUT2D eigenvalue weighted by molar-refractivity contribution is 5.93. The van der Waals surface area contributed by atoms with Crippen molar-refractivity contribution in [3.63, 3.8) is 0 Å². The quantitative estimate of drug-likeness (QED) is 0.604. The Morgan fingerprint density at radius 2 is 1.59 bits per heavy atom. The normalized spacial score (nSPS) is 15.2. The first-order valence-electron chi connectivity index (χ1n) is 10.5. The number of carbonyl (C=O) groups excluding carboxylic acids is 3. The molecule has 160 valence electrons. The van der Waals surface area contributed by atoms with Gasteiger partial charge < -0.3 is 19.9 Å². The lowest BCUT2D eigenvalue weighted by Crippen LogP contribution is -3.14. The molecule has 29 heavy (non-hydrogen) atoms. The predicted octanol–water partition coefficient (Wildman–Crippen LogP) is 1.18. The second-order valence-corrected chi connectivity index (χ2v) is 7.22. The minimum absolute atomic E-state index is 0.0244. The van der Waals surface area contributed by atoms with Crippen LogP contribution in [0.25, 0.3) is 0 Å². The average Bonchev–Trinajstić information content (AvgIpc) is 2.97. The zero-order chi connectivity index (χ0) is 21.1. The summed E-state index contributed by atoms with van der Waals surface area (Å²) in [5.41, 5.74) is 1.92. The van der Waals surface area contributed by atoms with E-state index in [0.717, 1.165) is 23.7 Å². The molecule has 1 saturated heterocycles. The summed E-state index contributed by atoms with van der Waals surface area (Å²) in [6, 6.07) is 7.91. The second kappa shape index (κ2) is 12.1. The average molecular weight is 406 g/mol. The number of nitrogens with one attached hydrogen (secondary N) is 3. The Morgan fingerprint density at radius 1 is 0.966 bits per heavy atom. The van der Waals surface area contributed by atoms with Crippen LogP contribution in [-0.4, -0.2) is 57.2 Å². The number of alkyl carbamates (subject to hydrolysis) is 1. The molecule has 0 saturated carbocycles. The van der Waals surface area contributed by atoms with Crippen LogP contribution in [0.1, 0.15) is 39.5 Å². The van der Waals surface area contributed by atoms with Gasteiger partial charge in [-0.3, -0.25) is 14.9 Å². The molecule has 0 aromatic heterocycles. The number of rotatable bonds is 8. The van der Waals surface area contributed by atoms with Gasteiger partial charge in [-0.25, -0.2) is 4.79 Å². The molecule has 0 bridgehead atoms. The Hall–Kier alpha value is -2.61. The van der Waals surface area contributed by atoms with Crippen molar-refractivity contribution in [1.82, 2.24) is 5.32 Å². The maximum absolute atomic E-state index is 12.4. The van der Waals surface area contributed by atoms with Crippen LogP contribution in [-0.2, 0) is 14.3 Å². The molecule has 3 N–H and O–H groups in total. The Balaban J connectivity index is 1.82. The van der Waals surface area contributed by atoms with Gasteiger partial charge in [-0.2, -0.15) is 0 Å². The van der Waals surface area contributed by atoms with E-state index in [1.807, 2.05) is 31.2 Å². The van der Waals surface area contributed by atoms with Crippen molar-refractivity contribution in [3.05, 3.63) is 24.3 Å². The van der Waals surface area contributed by atoms with E-state index in [0.29, 0.717) is 6.54 Å².